The average Bonchev–Trinajstić information content (AvgIpc) is 2.65. The van der Waals surface area contributed by atoms with E-state index in [1.54, 1.807) is 7.11 Å². The minimum absolute atomic E-state index is 0.199. The van der Waals surface area contributed by atoms with Gasteiger partial charge in [-0.15, -0.1) is 0 Å². The van der Waals surface area contributed by atoms with Crippen LogP contribution in [0.15, 0.2) is 6.07 Å². The van der Waals surface area contributed by atoms with Gasteiger partial charge in [0.1, 0.15) is 0 Å². The van der Waals surface area contributed by atoms with Crippen LogP contribution in [0.4, 0.5) is 0 Å². The largest absolute Gasteiger partial charge is 0.388 e. The van der Waals surface area contributed by atoms with Crippen molar-refractivity contribution in [2.45, 2.75) is 65.5 Å². The molecule has 1 aliphatic rings. The molecule has 0 saturated heterocycles. The predicted molar refractivity (Wildman–Crippen MR) is 82.0 cm³/mol. The van der Waals surface area contributed by atoms with Crippen molar-refractivity contribution >= 4 is 0 Å². The molecule has 0 bridgehead atoms. The number of aryl methyl sites for hydroxylation is 1. The van der Waals surface area contributed by atoms with Gasteiger partial charge in [-0.1, -0.05) is 13.8 Å². The second-order valence-corrected chi connectivity index (χ2v) is 6.95. The number of ether oxygens (including phenoxy) is 1. The number of unbranched alkanes of at least 4 members (excludes halogenated alkanes) is 2. The summed E-state index contributed by atoms with van der Waals surface area (Å²) >= 11 is 0. The average molecular weight is 279 g/mol. The lowest BCUT2D eigenvalue weighted by Gasteiger charge is -2.34. The highest BCUT2D eigenvalue weighted by Gasteiger charge is 2.33. The highest BCUT2D eigenvalue weighted by Crippen LogP contribution is 2.41. The molecule has 1 aromatic rings. The van der Waals surface area contributed by atoms with Gasteiger partial charge in [0.15, 0.2) is 0 Å². The number of aliphatic hydroxyl groups is 1. The molecular weight excluding hydrogens is 250 g/mol. The van der Waals surface area contributed by atoms with Crippen molar-refractivity contribution in [3.8, 4) is 0 Å². The number of rotatable bonds is 6. The predicted octanol–water partition coefficient (Wildman–Crippen LogP) is 3.62. The Morgan fingerprint density at radius 2 is 2.10 bits per heavy atom. The number of aromatic nitrogens is 1. The smallest absolute Gasteiger partial charge is 0.0812 e. The summed E-state index contributed by atoms with van der Waals surface area (Å²) < 4.78 is 7.52. The summed E-state index contributed by atoms with van der Waals surface area (Å²) in [6.07, 6.45) is 5.17. The van der Waals surface area contributed by atoms with Gasteiger partial charge in [0.25, 0.3) is 0 Å². The molecule has 1 heterocycles. The molecule has 1 atom stereocenters. The van der Waals surface area contributed by atoms with Crippen molar-refractivity contribution < 1.29 is 9.84 Å². The van der Waals surface area contributed by atoms with E-state index in [0.717, 1.165) is 32.4 Å². The van der Waals surface area contributed by atoms with Gasteiger partial charge in [-0.3, -0.25) is 0 Å². The monoisotopic (exact) mass is 279 g/mol. The third-order valence-corrected chi connectivity index (χ3v) is 4.43. The summed E-state index contributed by atoms with van der Waals surface area (Å²) in [5.74, 6) is 0. The molecule has 1 N–H and O–H groups in total. The molecular formula is C17H29NO2. The summed E-state index contributed by atoms with van der Waals surface area (Å²) in [5.41, 5.74) is 4.01. The minimum Gasteiger partial charge on any atom is -0.388 e. The molecule has 0 saturated carbocycles. The molecule has 0 fully saturated rings. The van der Waals surface area contributed by atoms with E-state index < -0.39 is 0 Å². The second-order valence-electron chi connectivity index (χ2n) is 6.95. The van der Waals surface area contributed by atoms with Crippen molar-refractivity contribution in [1.82, 2.24) is 4.57 Å². The SMILES string of the molecule is COCCCCCn1c(C)cc2c1CC(C)(C)CC2O. The molecule has 0 radical (unpaired) electrons. The highest BCUT2D eigenvalue weighted by atomic mass is 16.5. The van der Waals surface area contributed by atoms with Gasteiger partial charge in [0, 0.05) is 37.2 Å². The Balaban J connectivity index is 2.07. The maximum absolute atomic E-state index is 10.3. The van der Waals surface area contributed by atoms with E-state index in [4.69, 9.17) is 4.74 Å². The first kappa shape index (κ1) is 15.6. The number of hydrogen-bond donors (Lipinski definition) is 1. The summed E-state index contributed by atoms with van der Waals surface area (Å²) in [5, 5.41) is 10.3. The zero-order valence-electron chi connectivity index (χ0n) is 13.4. The van der Waals surface area contributed by atoms with Crippen molar-refractivity contribution in [1.29, 1.82) is 0 Å². The Morgan fingerprint density at radius 3 is 2.80 bits per heavy atom. The Labute approximate surface area is 122 Å². The van der Waals surface area contributed by atoms with Crippen molar-refractivity contribution in [3.63, 3.8) is 0 Å². The maximum Gasteiger partial charge on any atom is 0.0812 e. The molecule has 114 valence electrons. The standard InChI is InChI=1S/C17H29NO2/c1-13-10-14-15(11-17(2,3)12-16(14)19)18(13)8-6-5-7-9-20-4/h10,16,19H,5-9,11-12H2,1-4H3. The molecule has 20 heavy (non-hydrogen) atoms. The van der Waals surface area contributed by atoms with Crippen molar-refractivity contribution in [3.05, 3.63) is 23.0 Å². The molecule has 3 heteroatoms. The molecule has 0 aliphatic heterocycles. The van der Waals surface area contributed by atoms with Gasteiger partial charge in [0.05, 0.1) is 6.10 Å². The fourth-order valence-electron chi connectivity index (χ4n) is 3.40. The summed E-state index contributed by atoms with van der Waals surface area (Å²) in [4.78, 5) is 0. The lowest BCUT2D eigenvalue weighted by molar-refractivity contribution is 0.0979. The molecule has 1 aromatic heterocycles. The minimum atomic E-state index is -0.290. The third-order valence-electron chi connectivity index (χ3n) is 4.43. The molecule has 3 nitrogen and oxygen atoms in total. The van der Waals surface area contributed by atoms with Gasteiger partial charge in [0.2, 0.25) is 0 Å². The fraction of sp³-hybridized carbons (Fsp3) is 0.765. The fourth-order valence-corrected chi connectivity index (χ4v) is 3.40. The van der Waals surface area contributed by atoms with Crippen LogP contribution >= 0.6 is 0 Å². The van der Waals surface area contributed by atoms with Gasteiger partial charge in [-0.25, -0.2) is 0 Å². The normalized spacial score (nSPS) is 20.9. The van der Waals surface area contributed by atoms with E-state index in [1.807, 2.05) is 0 Å². The van der Waals surface area contributed by atoms with Crippen LogP contribution in [0.5, 0.6) is 0 Å². The number of aliphatic hydroxyl groups excluding tert-OH is 1. The van der Waals surface area contributed by atoms with Crippen LogP contribution in [0.25, 0.3) is 0 Å². The van der Waals surface area contributed by atoms with E-state index in [1.165, 1.54) is 29.8 Å². The summed E-state index contributed by atoms with van der Waals surface area (Å²) in [7, 11) is 1.76. The molecule has 1 aliphatic carbocycles. The van der Waals surface area contributed by atoms with E-state index in [0.29, 0.717) is 0 Å². The van der Waals surface area contributed by atoms with Crippen LogP contribution in [-0.2, 0) is 17.7 Å². The molecule has 2 rings (SSSR count). The zero-order chi connectivity index (χ0) is 14.8. The molecule has 1 unspecified atom stereocenters. The van der Waals surface area contributed by atoms with E-state index in [-0.39, 0.29) is 11.5 Å². The van der Waals surface area contributed by atoms with Crippen molar-refractivity contribution in [2.24, 2.45) is 5.41 Å². The number of methoxy groups -OCH3 is 1. The molecule has 0 amide bonds. The van der Waals surface area contributed by atoms with Crippen LogP contribution in [0.2, 0.25) is 0 Å². The topological polar surface area (TPSA) is 34.4 Å². The van der Waals surface area contributed by atoms with Gasteiger partial charge in [-0.05, 0) is 50.5 Å². The van der Waals surface area contributed by atoms with Crippen LogP contribution in [0.3, 0.4) is 0 Å². The van der Waals surface area contributed by atoms with Gasteiger partial charge >= 0.3 is 0 Å². The highest BCUT2D eigenvalue weighted by molar-refractivity contribution is 5.33. The lowest BCUT2D eigenvalue weighted by atomic mass is 9.75. The van der Waals surface area contributed by atoms with Gasteiger partial charge in [-0.2, -0.15) is 0 Å². The van der Waals surface area contributed by atoms with Crippen molar-refractivity contribution in [2.75, 3.05) is 13.7 Å². The van der Waals surface area contributed by atoms with Crippen LogP contribution < -0.4 is 0 Å². The first-order chi connectivity index (χ1) is 9.44. The van der Waals surface area contributed by atoms with E-state index in [2.05, 4.69) is 31.4 Å². The van der Waals surface area contributed by atoms with E-state index >= 15 is 0 Å². The Hall–Kier alpha value is -0.800. The van der Waals surface area contributed by atoms with Crippen LogP contribution in [0, 0.1) is 12.3 Å². The zero-order valence-corrected chi connectivity index (χ0v) is 13.4. The molecule has 0 aromatic carbocycles. The van der Waals surface area contributed by atoms with Crippen LogP contribution in [-0.4, -0.2) is 23.4 Å². The summed E-state index contributed by atoms with van der Waals surface area (Å²) in [6.45, 7) is 8.59. The Morgan fingerprint density at radius 1 is 1.35 bits per heavy atom. The van der Waals surface area contributed by atoms with Crippen LogP contribution in [0.1, 0.15) is 62.6 Å². The first-order valence-corrected chi connectivity index (χ1v) is 7.80. The lowest BCUT2D eigenvalue weighted by Crippen LogP contribution is -2.27. The first-order valence-electron chi connectivity index (χ1n) is 7.80. The maximum atomic E-state index is 10.3. The van der Waals surface area contributed by atoms with Gasteiger partial charge < -0.3 is 14.4 Å². The molecule has 0 spiro atoms. The second kappa shape index (κ2) is 6.31. The number of hydrogen-bond acceptors (Lipinski definition) is 2. The van der Waals surface area contributed by atoms with E-state index in [9.17, 15) is 5.11 Å². The Kier molecular flexibility index (Phi) is 4.92. The quantitative estimate of drug-likeness (QED) is 0.807. The third kappa shape index (κ3) is 3.44. The summed E-state index contributed by atoms with van der Waals surface area (Å²) in [6, 6.07) is 2.18. The Bertz CT molecular complexity index is 448. The number of fused-ring (bicyclic) bond motifs is 1. The number of nitrogens with zero attached hydrogens (tertiary/aromatic N) is 1.